The first-order valence-corrected chi connectivity index (χ1v) is 4.60. The van der Waals surface area contributed by atoms with Crippen molar-refractivity contribution in [3.05, 3.63) is 0 Å². The first-order valence-electron chi connectivity index (χ1n) is 4.60. The van der Waals surface area contributed by atoms with Crippen LogP contribution in [0.4, 0.5) is 8.78 Å². The predicted octanol–water partition coefficient (Wildman–Crippen LogP) is -0.0743. The summed E-state index contributed by atoms with van der Waals surface area (Å²) in [5.41, 5.74) is 0. The zero-order valence-electron chi connectivity index (χ0n) is 7.43. The van der Waals surface area contributed by atoms with Crippen molar-refractivity contribution in [3.8, 4) is 0 Å². The zero-order valence-corrected chi connectivity index (χ0v) is 7.43. The summed E-state index contributed by atoms with van der Waals surface area (Å²) in [4.78, 5) is 1.82. The molecule has 0 aliphatic carbocycles. The number of hydrogen-bond acceptors (Lipinski definition) is 3. The third kappa shape index (κ3) is 1.82. The second-order valence-electron chi connectivity index (χ2n) is 3.56. The minimum absolute atomic E-state index is 0.185. The average molecular weight is 192 g/mol. The Morgan fingerprint density at radius 2 is 2.00 bits per heavy atom. The molecule has 0 amide bonds. The Morgan fingerprint density at radius 3 is 2.54 bits per heavy atom. The SMILES string of the molecule is FC1(F)CNC[C@@H]1N1CCOCC1. The molecule has 76 valence electrons. The van der Waals surface area contributed by atoms with Gasteiger partial charge in [-0.3, -0.25) is 4.90 Å². The molecule has 0 aromatic heterocycles. The van der Waals surface area contributed by atoms with Gasteiger partial charge in [0.25, 0.3) is 5.92 Å². The Labute approximate surface area is 76.0 Å². The quantitative estimate of drug-likeness (QED) is 0.629. The number of alkyl halides is 2. The summed E-state index contributed by atoms with van der Waals surface area (Å²) in [6, 6.07) is -0.628. The number of ether oxygens (including phenoxy) is 1. The molecule has 1 atom stereocenters. The molecule has 2 saturated heterocycles. The van der Waals surface area contributed by atoms with E-state index in [4.69, 9.17) is 4.74 Å². The van der Waals surface area contributed by atoms with Crippen molar-refractivity contribution in [3.63, 3.8) is 0 Å². The van der Waals surface area contributed by atoms with Gasteiger partial charge >= 0.3 is 0 Å². The second-order valence-corrected chi connectivity index (χ2v) is 3.56. The maximum atomic E-state index is 13.2. The summed E-state index contributed by atoms with van der Waals surface area (Å²) in [5.74, 6) is -2.57. The molecule has 2 heterocycles. The van der Waals surface area contributed by atoms with Crippen LogP contribution < -0.4 is 5.32 Å². The van der Waals surface area contributed by atoms with Crippen LogP contribution in [0, 0.1) is 0 Å². The highest BCUT2D eigenvalue weighted by molar-refractivity contribution is 4.95. The van der Waals surface area contributed by atoms with Crippen molar-refractivity contribution in [1.29, 1.82) is 0 Å². The van der Waals surface area contributed by atoms with E-state index in [0.29, 0.717) is 32.8 Å². The summed E-state index contributed by atoms with van der Waals surface area (Å²) in [6.45, 7) is 2.62. The molecule has 13 heavy (non-hydrogen) atoms. The molecular formula is C8H14F2N2O. The van der Waals surface area contributed by atoms with Gasteiger partial charge in [0.1, 0.15) is 0 Å². The highest BCUT2D eigenvalue weighted by Gasteiger charge is 2.47. The number of rotatable bonds is 1. The second kappa shape index (κ2) is 3.48. The maximum absolute atomic E-state index is 13.2. The van der Waals surface area contributed by atoms with Gasteiger partial charge < -0.3 is 10.1 Å². The van der Waals surface area contributed by atoms with Crippen molar-refractivity contribution in [1.82, 2.24) is 10.2 Å². The van der Waals surface area contributed by atoms with E-state index in [1.807, 2.05) is 4.90 Å². The molecule has 2 fully saturated rings. The van der Waals surface area contributed by atoms with E-state index in [2.05, 4.69) is 5.32 Å². The van der Waals surface area contributed by atoms with Crippen molar-refractivity contribution in [2.24, 2.45) is 0 Å². The summed E-state index contributed by atoms with van der Waals surface area (Å²) < 4.78 is 31.6. The molecule has 0 aromatic carbocycles. The minimum Gasteiger partial charge on any atom is -0.379 e. The Hall–Kier alpha value is -0.260. The smallest absolute Gasteiger partial charge is 0.276 e. The molecular weight excluding hydrogens is 178 g/mol. The number of halogens is 2. The van der Waals surface area contributed by atoms with Crippen molar-refractivity contribution >= 4 is 0 Å². The molecule has 0 aromatic rings. The lowest BCUT2D eigenvalue weighted by Crippen LogP contribution is -2.51. The van der Waals surface area contributed by atoms with Crippen LogP contribution in [0.3, 0.4) is 0 Å². The number of hydrogen-bond donors (Lipinski definition) is 1. The Bertz CT molecular complexity index is 183. The first-order chi connectivity index (χ1) is 6.20. The Morgan fingerprint density at radius 1 is 1.31 bits per heavy atom. The van der Waals surface area contributed by atoms with Crippen LogP contribution in [0.1, 0.15) is 0 Å². The van der Waals surface area contributed by atoms with Gasteiger partial charge in [0.05, 0.1) is 25.8 Å². The first kappa shape index (κ1) is 9.30. The predicted molar refractivity (Wildman–Crippen MR) is 44.0 cm³/mol. The van der Waals surface area contributed by atoms with Crippen LogP contribution in [-0.4, -0.2) is 56.3 Å². The minimum atomic E-state index is -2.57. The van der Waals surface area contributed by atoms with E-state index in [1.165, 1.54) is 0 Å². The van der Waals surface area contributed by atoms with E-state index in [9.17, 15) is 8.78 Å². The Kier molecular flexibility index (Phi) is 2.49. The van der Waals surface area contributed by atoms with E-state index >= 15 is 0 Å². The monoisotopic (exact) mass is 192 g/mol. The highest BCUT2D eigenvalue weighted by atomic mass is 19.3. The maximum Gasteiger partial charge on any atom is 0.276 e. The normalized spacial score (nSPS) is 35.1. The lowest BCUT2D eigenvalue weighted by molar-refractivity contribution is -0.0751. The summed E-state index contributed by atoms with van der Waals surface area (Å²) in [6.07, 6.45) is 0. The van der Waals surface area contributed by atoms with Crippen molar-refractivity contribution < 1.29 is 13.5 Å². The van der Waals surface area contributed by atoms with Gasteiger partial charge in [-0.2, -0.15) is 0 Å². The van der Waals surface area contributed by atoms with Crippen LogP contribution in [-0.2, 0) is 4.74 Å². The number of morpholine rings is 1. The third-order valence-corrected chi connectivity index (χ3v) is 2.67. The van der Waals surface area contributed by atoms with Gasteiger partial charge in [0.15, 0.2) is 0 Å². The molecule has 3 nitrogen and oxygen atoms in total. The fourth-order valence-corrected chi connectivity index (χ4v) is 1.93. The van der Waals surface area contributed by atoms with E-state index in [0.717, 1.165) is 0 Å². The highest BCUT2D eigenvalue weighted by Crippen LogP contribution is 2.26. The molecule has 0 unspecified atom stereocenters. The molecule has 2 aliphatic heterocycles. The largest absolute Gasteiger partial charge is 0.379 e. The van der Waals surface area contributed by atoms with Crippen LogP contribution in [0.5, 0.6) is 0 Å². The molecule has 0 spiro atoms. The standard InChI is InChI=1S/C8H14F2N2O/c9-8(10)6-11-5-7(8)12-1-3-13-4-2-12/h7,11H,1-6H2/t7-/m0/s1. The fourth-order valence-electron chi connectivity index (χ4n) is 1.93. The van der Waals surface area contributed by atoms with E-state index in [1.54, 1.807) is 0 Å². The van der Waals surface area contributed by atoms with Gasteiger partial charge in [-0.15, -0.1) is 0 Å². The van der Waals surface area contributed by atoms with Crippen LogP contribution in [0.25, 0.3) is 0 Å². The van der Waals surface area contributed by atoms with Crippen LogP contribution >= 0.6 is 0 Å². The van der Waals surface area contributed by atoms with Crippen LogP contribution in [0.2, 0.25) is 0 Å². The lowest BCUT2D eigenvalue weighted by atomic mass is 10.1. The van der Waals surface area contributed by atoms with Crippen molar-refractivity contribution in [2.45, 2.75) is 12.0 Å². The van der Waals surface area contributed by atoms with E-state index < -0.39 is 12.0 Å². The molecule has 2 rings (SSSR count). The van der Waals surface area contributed by atoms with Gasteiger partial charge in [-0.05, 0) is 0 Å². The average Bonchev–Trinajstić information content (AvgIpc) is 2.47. The van der Waals surface area contributed by atoms with Gasteiger partial charge in [-0.25, -0.2) is 8.78 Å². The Balaban J connectivity index is 1.98. The molecule has 0 radical (unpaired) electrons. The van der Waals surface area contributed by atoms with Gasteiger partial charge in [0.2, 0.25) is 0 Å². The molecule has 5 heteroatoms. The van der Waals surface area contributed by atoms with Gasteiger partial charge in [-0.1, -0.05) is 0 Å². The number of nitrogens with zero attached hydrogens (tertiary/aromatic N) is 1. The summed E-state index contributed by atoms with van der Waals surface area (Å²) in [5, 5.41) is 2.73. The number of nitrogens with one attached hydrogen (secondary N) is 1. The molecule has 1 N–H and O–H groups in total. The third-order valence-electron chi connectivity index (χ3n) is 2.67. The lowest BCUT2D eigenvalue weighted by Gasteiger charge is -2.34. The summed E-state index contributed by atoms with van der Waals surface area (Å²) in [7, 11) is 0. The van der Waals surface area contributed by atoms with Crippen LogP contribution in [0.15, 0.2) is 0 Å². The summed E-state index contributed by atoms with van der Waals surface area (Å²) >= 11 is 0. The fraction of sp³-hybridized carbons (Fsp3) is 1.00. The molecule has 0 bridgehead atoms. The van der Waals surface area contributed by atoms with Crippen molar-refractivity contribution in [2.75, 3.05) is 39.4 Å². The zero-order chi connectivity index (χ0) is 9.31. The molecule has 2 aliphatic rings. The van der Waals surface area contributed by atoms with E-state index in [-0.39, 0.29) is 6.54 Å². The van der Waals surface area contributed by atoms with Gasteiger partial charge in [0, 0.05) is 19.6 Å². The molecule has 0 saturated carbocycles. The topological polar surface area (TPSA) is 24.5 Å².